The molecule has 0 fully saturated rings. The lowest BCUT2D eigenvalue weighted by Crippen LogP contribution is -1.92. The van der Waals surface area contributed by atoms with Crippen LogP contribution in [0, 0.1) is 0 Å². The molecule has 12 heavy (non-hydrogen) atoms. The molecule has 2 nitrogen and oxygen atoms in total. The quantitative estimate of drug-likeness (QED) is 0.682. The number of aromatic nitrogens is 2. The van der Waals surface area contributed by atoms with Crippen molar-refractivity contribution >= 4 is 10.9 Å². The van der Waals surface area contributed by atoms with E-state index in [-0.39, 0.29) is 0 Å². The van der Waals surface area contributed by atoms with E-state index in [2.05, 4.69) is 29.9 Å². The summed E-state index contributed by atoms with van der Waals surface area (Å²) in [7, 11) is 0. The average molecular weight is 160 g/mol. The Hall–Kier alpha value is -1.31. The van der Waals surface area contributed by atoms with Crippen LogP contribution in [-0.4, -0.2) is 9.97 Å². The summed E-state index contributed by atoms with van der Waals surface area (Å²) in [6.07, 6.45) is 3.82. The van der Waals surface area contributed by atoms with Gasteiger partial charge in [0.1, 0.15) is 0 Å². The van der Waals surface area contributed by atoms with Crippen LogP contribution in [0.3, 0.4) is 0 Å². The molecule has 0 radical (unpaired) electrons. The molecule has 0 aliphatic heterocycles. The maximum absolute atomic E-state index is 4.35. The molecule has 0 spiro atoms. The van der Waals surface area contributed by atoms with E-state index in [0.29, 0.717) is 5.92 Å². The molecule has 0 saturated heterocycles. The van der Waals surface area contributed by atoms with Gasteiger partial charge < -0.3 is 4.98 Å². The fourth-order valence-corrected chi connectivity index (χ4v) is 1.44. The molecule has 0 saturated carbocycles. The Labute approximate surface area is 71.6 Å². The van der Waals surface area contributed by atoms with E-state index in [9.17, 15) is 0 Å². The first-order chi connectivity index (χ1) is 5.79. The highest BCUT2D eigenvalue weighted by atomic mass is 14.8. The second kappa shape index (κ2) is 2.63. The third kappa shape index (κ3) is 0.998. The maximum Gasteiger partial charge on any atom is 0.0675 e. The first-order valence-electron chi connectivity index (χ1n) is 4.21. The van der Waals surface area contributed by atoms with Gasteiger partial charge in [-0.15, -0.1) is 0 Å². The summed E-state index contributed by atoms with van der Waals surface area (Å²) in [6.45, 7) is 4.31. The van der Waals surface area contributed by atoms with Gasteiger partial charge in [0.05, 0.1) is 11.2 Å². The van der Waals surface area contributed by atoms with Gasteiger partial charge in [0.25, 0.3) is 0 Å². The number of nitrogens with one attached hydrogen (secondary N) is 1. The van der Waals surface area contributed by atoms with Gasteiger partial charge in [0, 0.05) is 17.8 Å². The Morgan fingerprint density at radius 2 is 2.17 bits per heavy atom. The van der Waals surface area contributed by atoms with Crippen LogP contribution in [0.5, 0.6) is 0 Å². The Morgan fingerprint density at radius 1 is 1.33 bits per heavy atom. The predicted octanol–water partition coefficient (Wildman–Crippen LogP) is 2.69. The molecule has 0 unspecified atom stereocenters. The fraction of sp³-hybridized carbons (Fsp3) is 0.300. The van der Waals surface area contributed by atoms with Crippen molar-refractivity contribution in [2.24, 2.45) is 0 Å². The van der Waals surface area contributed by atoms with Crippen LogP contribution in [0.15, 0.2) is 24.5 Å². The maximum atomic E-state index is 4.35. The Balaban J connectivity index is 2.73. The first-order valence-corrected chi connectivity index (χ1v) is 4.21. The average Bonchev–Trinajstić information content (AvgIpc) is 2.49. The highest BCUT2D eigenvalue weighted by Gasteiger charge is 2.05. The molecular weight excluding hydrogens is 148 g/mol. The molecule has 0 atom stereocenters. The third-order valence-corrected chi connectivity index (χ3v) is 2.05. The molecule has 2 rings (SSSR count). The Kier molecular flexibility index (Phi) is 1.61. The van der Waals surface area contributed by atoms with E-state index < -0.39 is 0 Å². The number of hydrogen-bond donors (Lipinski definition) is 1. The van der Waals surface area contributed by atoms with Crippen molar-refractivity contribution in [3.63, 3.8) is 0 Å². The van der Waals surface area contributed by atoms with Crippen LogP contribution in [0.25, 0.3) is 10.9 Å². The summed E-state index contributed by atoms with van der Waals surface area (Å²) in [5.74, 6) is 0.479. The van der Waals surface area contributed by atoms with Gasteiger partial charge >= 0.3 is 0 Å². The van der Waals surface area contributed by atoms with E-state index in [1.807, 2.05) is 18.5 Å². The zero-order valence-corrected chi connectivity index (χ0v) is 7.33. The summed E-state index contributed by atoms with van der Waals surface area (Å²) >= 11 is 0. The van der Waals surface area contributed by atoms with E-state index in [1.54, 1.807) is 0 Å². The van der Waals surface area contributed by atoms with Crippen LogP contribution < -0.4 is 0 Å². The molecule has 62 valence electrons. The number of hydrogen-bond acceptors (Lipinski definition) is 1. The molecule has 0 aliphatic rings. The molecule has 2 aromatic rings. The summed E-state index contributed by atoms with van der Waals surface area (Å²) in [5, 5.41) is 1.24. The Morgan fingerprint density at radius 3 is 2.92 bits per heavy atom. The minimum absolute atomic E-state index is 0.479. The zero-order chi connectivity index (χ0) is 8.55. The van der Waals surface area contributed by atoms with Gasteiger partial charge in [-0.3, -0.25) is 4.98 Å². The van der Waals surface area contributed by atoms with Crippen LogP contribution in [0.2, 0.25) is 0 Å². The molecule has 0 aromatic carbocycles. The largest absolute Gasteiger partial charge is 0.360 e. The zero-order valence-electron chi connectivity index (χ0n) is 7.33. The lowest BCUT2D eigenvalue weighted by Gasteiger charge is -2.04. The molecule has 2 aromatic heterocycles. The molecular formula is C10H12N2. The van der Waals surface area contributed by atoms with Crippen LogP contribution in [0.4, 0.5) is 0 Å². The van der Waals surface area contributed by atoms with E-state index >= 15 is 0 Å². The lowest BCUT2D eigenvalue weighted by atomic mass is 10.1. The second-order valence-corrected chi connectivity index (χ2v) is 3.29. The van der Waals surface area contributed by atoms with Gasteiger partial charge in [-0.2, -0.15) is 0 Å². The number of nitrogens with zero attached hydrogens (tertiary/aromatic N) is 1. The topological polar surface area (TPSA) is 28.7 Å². The summed E-state index contributed by atoms with van der Waals surface area (Å²) < 4.78 is 0. The molecule has 2 heteroatoms. The standard InChI is InChI=1S/C10H12N2/c1-7(2)9-10-8(3-5-11-9)4-6-12-10/h3-7,12H,1-2H3. The van der Waals surface area contributed by atoms with Crippen LogP contribution in [0.1, 0.15) is 25.5 Å². The number of rotatable bonds is 1. The minimum atomic E-state index is 0.479. The van der Waals surface area contributed by atoms with Crippen molar-refractivity contribution < 1.29 is 0 Å². The van der Waals surface area contributed by atoms with Crippen molar-refractivity contribution in [2.75, 3.05) is 0 Å². The summed E-state index contributed by atoms with van der Waals surface area (Å²) in [4.78, 5) is 7.55. The molecule has 0 bridgehead atoms. The number of aromatic amines is 1. The van der Waals surface area contributed by atoms with Crippen molar-refractivity contribution in [3.8, 4) is 0 Å². The lowest BCUT2D eigenvalue weighted by molar-refractivity contribution is 0.831. The van der Waals surface area contributed by atoms with E-state index in [0.717, 1.165) is 5.69 Å². The van der Waals surface area contributed by atoms with Crippen molar-refractivity contribution in [3.05, 3.63) is 30.2 Å². The second-order valence-electron chi connectivity index (χ2n) is 3.29. The summed E-state index contributed by atoms with van der Waals surface area (Å²) in [6, 6.07) is 4.10. The molecule has 1 N–H and O–H groups in total. The van der Waals surface area contributed by atoms with Gasteiger partial charge in [-0.1, -0.05) is 13.8 Å². The van der Waals surface area contributed by atoms with Gasteiger partial charge in [-0.05, 0) is 18.1 Å². The fourth-order valence-electron chi connectivity index (χ4n) is 1.44. The smallest absolute Gasteiger partial charge is 0.0675 e. The SMILES string of the molecule is CC(C)c1nccc2cc[nH]c12. The van der Waals surface area contributed by atoms with Gasteiger partial charge in [-0.25, -0.2) is 0 Å². The monoisotopic (exact) mass is 160 g/mol. The number of H-pyrrole nitrogens is 1. The number of fused-ring (bicyclic) bond motifs is 1. The summed E-state index contributed by atoms with van der Waals surface area (Å²) in [5.41, 5.74) is 2.32. The Bertz CT molecular complexity index is 387. The van der Waals surface area contributed by atoms with Crippen molar-refractivity contribution in [2.45, 2.75) is 19.8 Å². The van der Waals surface area contributed by atoms with Crippen molar-refractivity contribution in [1.29, 1.82) is 0 Å². The molecule has 2 heterocycles. The van der Waals surface area contributed by atoms with E-state index in [1.165, 1.54) is 10.9 Å². The third-order valence-electron chi connectivity index (χ3n) is 2.05. The van der Waals surface area contributed by atoms with Gasteiger partial charge in [0.2, 0.25) is 0 Å². The first kappa shape index (κ1) is 7.35. The highest BCUT2D eigenvalue weighted by molar-refractivity contribution is 5.81. The molecule has 0 amide bonds. The van der Waals surface area contributed by atoms with Crippen LogP contribution in [-0.2, 0) is 0 Å². The van der Waals surface area contributed by atoms with Crippen LogP contribution >= 0.6 is 0 Å². The predicted molar refractivity (Wildman–Crippen MR) is 50.2 cm³/mol. The van der Waals surface area contributed by atoms with Gasteiger partial charge in [0.15, 0.2) is 0 Å². The number of pyridine rings is 1. The normalized spacial score (nSPS) is 11.2. The van der Waals surface area contributed by atoms with E-state index in [4.69, 9.17) is 0 Å². The molecule has 0 aliphatic carbocycles. The minimum Gasteiger partial charge on any atom is -0.360 e. The highest BCUT2D eigenvalue weighted by Crippen LogP contribution is 2.20. The van der Waals surface area contributed by atoms with Crippen molar-refractivity contribution in [1.82, 2.24) is 9.97 Å².